The van der Waals surface area contributed by atoms with Crippen LogP contribution in [0.3, 0.4) is 0 Å². The van der Waals surface area contributed by atoms with E-state index in [2.05, 4.69) is 10.3 Å². The summed E-state index contributed by atoms with van der Waals surface area (Å²) in [7, 11) is 1.82. The van der Waals surface area contributed by atoms with Gasteiger partial charge in [-0.25, -0.2) is 4.98 Å². The zero-order valence-electron chi connectivity index (χ0n) is 11.1. The van der Waals surface area contributed by atoms with Crippen LogP contribution in [0, 0.1) is 0 Å². The number of nitrogens with one attached hydrogen (secondary N) is 1. The first-order valence-electron chi connectivity index (χ1n) is 6.22. The number of halogens is 2. The van der Waals surface area contributed by atoms with Crippen LogP contribution in [0.2, 0.25) is 10.0 Å². The predicted molar refractivity (Wildman–Crippen MR) is 85.1 cm³/mol. The third-order valence-corrected chi connectivity index (χ3v) is 3.67. The lowest BCUT2D eigenvalue weighted by Gasteiger charge is -2.06. The molecule has 2 aromatic heterocycles. The number of carbonyl (C=O) groups excluding carboxylic acids is 1. The maximum absolute atomic E-state index is 12.3. The minimum Gasteiger partial charge on any atom is -0.340 e. The minimum absolute atomic E-state index is 0.236. The normalized spacial score (nSPS) is 10.8. The minimum atomic E-state index is -0.236. The summed E-state index contributed by atoms with van der Waals surface area (Å²) >= 11 is 11.8. The van der Waals surface area contributed by atoms with Gasteiger partial charge in [0.1, 0.15) is 11.5 Å². The van der Waals surface area contributed by atoms with Gasteiger partial charge in [-0.05, 0) is 30.3 Å². The summed E-state index contributed by atoms with van der Waals surface area (Å²) in [5.74, 6) is 0.215. The summed E-state index contributed by atoms with van der Waals surface area (Å²) in [5.41, 5.74) is 1.43. The molecule has 1 aromatic carbocycles. The Kier molecular flexibility index (Phi) is 3.57. The molecule has 0 aliphatic rings. The molecule has 3 rings (SSSR count). The van der Waals surface area contributed by atoms with Crippen molar-refractivity contribution in [2.75, 3.05) is 5.32 Å². The number of nitrogens with zero attached hydrogens (tertiary/aromatic N) is 2. The van der Waals surface area contributed by atoms with Crippen LogP contribution >= 0.6 is 23.2 Å². The Morgan fingerprint density at radius 1 is 1.14 bits per heavy atom. The molecule has 3 aromatic rings. The lowest BCUT2D eigenvalue weighted by atomic mass is 10.2. The monoisotopic (exact) mass is 319 g/mol. The average molecular weight is 320 g/mol. The molecule has 0 fully saturated rings. The van der Waals surface area contributed by atoms with Crippen molar-refractivity contribution < 1.29 is 4.79 Å². The Balaban J connectivity index is 1.94. The van der Waals surface area contributed by atoms with Gasteiger partial charge in [0.2, 0.25) is 0 Å². The van der Waals surface area contributed by atoms with Crippen LogP contribution in [-0.2, 0) is 7.05 Å². The van der Waals surface area contributed by atoms with Crippen molar-refractivity contribution in [2.24, 2.45) is 7.05 Å². The first-order valence-corrected chi connectivity index (χ1v) is 6.98. The van der Waals surface area contributed by atoms with Crippen LogP contribution in [0.15, 0.2) is 42.6 Å². The van der Waals surface area contributed by atoms with Gasteiger partial charge in [0.15, 0.2) is 0 Å². The topological polar surface area (TPSA) is 46.9 Å². The van der Waals surface area contributed by atoms with Crippen LogP contribution in [0.4, 0.5) is 5.82 Å². The molecule has 0 radical (unpaired) electrons. The number of benzene rings is 1. The number of aryl methyl sites for hydroxylation is 1. The zero-order valence-corrected chi connectivity index (χ0v) is 12.6. The van der Waals surface area contributed by atoms with E-state index in [0.29, 0.717) is 21.6 Å². The third kappa shape index (κ3) is 2.73. The van der Waals surface area contributed by atoms with E-state index < -0.39 is 0 Å². The van der Waals surface area contributed by atoms with Gasteiger partial charge in [0.25, 0.3) is 5.91 Å². The Hall–Kier alpha value is -2.04. The van der Waals surface area contributed by atoms with E-state index in [9.17, 15) is 4.79 Å². The highest BCUT2D eigenvalue weighted by Crippen LogP contribution is 2.23. The van der Waals surface area contributed by atoms with Crippen LogP contribution < -0.4 is 5.32 Å². The van der Waals surface area contributed by atoms with Crippen LogP contribution in [0.25, 0.3) is 10.9 Å². The van der Waals surface area contributed by atoms with E-state index >= 15 is 0 Å². The number of rotatable bonds is 2. The highest BCUT2D eigenvalue weighted by molar-refractivity contribution is 6.31. The van der Waals surface area contributed by atoms with Gasteiger partial charge in [-0.1, -0.05) is 29.3 Å². The van der Waals surface area contributed by atoms with Gasteiger partial charge >= 0.3 is 0 Å². The largest absolute Gasteiger partial charge is 0.340 e. The number of amides is 1. The molecule has 4 nitrogen and oxygen atoms in total. The summed E-state index contributed by atoms with van der Waals surface area (Å²) in [5, 5.41) is 4.85. The second-order valence-corrected chi connectivity index (χ2v) is 5.48. The highest BCUT2D eigenvalue weighted by Gasteiger charge is 2.14. The maximum Gasteiger partial charge on any atom is 0.273 e. The molecule has 0 spiro atoms. The van der Waals surface area contributed by atoms with Crippen molar-refractivity contribution in [3.05, 3.63) is 58.3 Å². The second kappa shape index (κ2) is 5.39. The number of carbonyl (C=O) groups is 1. The van der Waals surface area contributed by atoms with E-state index in [1.165, 1.54) is 6.20 Å². The van der Waals surface area contributed by atoms with Gasteiger partial charge in [0, 0.05) is 29.2 Å². The van der Waals surface area contributed by atoms with Gasteiger partial charge < -0.3 is 9.88 Å². The van der Waals surface area contributed by atoms with Crippen molar-refractivity contribution in [2.45, 2.75) is 0 Å². The van der Waals surface area contributed by atoms with E-state index in [0.717, 1.165) is 10.9 Å². The van der Waals surface area contributed by atoms with Gasteiger partial charge in [-0.2, -0.15) is 0 Å². The Bertz CT molecular complexity index is 825. The summed E-state index contributed by atoms with van der Waals surface area (Å²) in [6.45, 7) is 0. The summed E-state index contributed by atoms with van der Waals surface area (Å²) < 4.78 is 1.80. The molecule has 6 heteroatoms. The molecule has 0 aliphatic carbocycles. The second-order valence-electron chi connectivity index (χ2n) is 4.61. The fraction of sp³-hybridized carbons (Fsp3) is 0.0667. The smallest absolute Gasteiger partial charge is 0.273 e. The maximum atomic E-state index is 12.3. The molecule has 1 amide bonds. The molecule has 0 atom stereocenters. The number of fused-ring (bicyclic) bond motifs is 1. The molecule has 0 aliphatic heterocycles. The van der Waals surface area contributed by atoms with Crippen LogP contribution in [0.1, 0.15) is 10.5 Å². The molecular formula is C15H11Cl2N3O. The average Bonchev–Trinajstić information content (AvgIpc) is 2.79. The van der Waals surface area contributed by atoms with E-state index in [4.69, 9.17) is 23.2 Å². The Morgan fingerprint density at radius 3 is 2.62 bits per heavy atom. The fourth-order valence-corrected chi connectivity index (χ4v) is 2.43. The van der Waals surface area contributed by atoms with Crippen molar-refractivity contribution in [3.8, 4) is 0 Å². The molecule has 0 bridgehead atoms. The summed E-state index contributed by atoms with van der Waals surface area (Å²) in [6, 6.07) is 10.7. The molecule has 0 saturated heterocycles. The SMILES string of the molecule is Cn1c(C(=O)Nc2ccc(Cl)cn2)cc2ccc(Cl)cc21. The molecular weight excluding hydrogens is 309 g/mol. The zero-order chi connectivity index (χ0) is 15.0. The van der Waals surface area contributed by atoms with Crippen molar-refractivity contribution in [1.29, 1.82) is 0 Å². The van der Waals surface area contributed by atoms with Crippen molar-refractivity contribution in [3.63, 3.8) is 0 Å². The van der Waals surface area contributed by atoms with Crippen molar-refractivity contribution >= 4 is 45.8 Å². The van der Waals surface area contributed by atoms with E-state index in [1.807, 2.05) is 25.2 Å². The van der Waals surface area contributed by atoms with Gasteiger partial charge in [0.05, 0.1) is 5.02 Å². The number of hydrogen-bond acceptors (Lipinski definition) is 2. The number of anilines is 1. The first-order chi connectivity index (χ1) is 10.0. The first kappa shape index (κ1) is 13.9. The lowest BCUT2D eigenvalue weighted by molar-refractivity contribution is 0.101. The quantitative estimate of drug-likeness (QED) is 0.771. The molecule has 2 heterocycles. The van der Waals surface area contributed by atoms with E-state index in [-0.39, 0.29) is 5.91 Å². The summed E-state index contributed by atoms with van der Waals surface area (Å²) in [6.07, 6.45) is 1.48. The predicted octanol–water partition coefficient (Wildman–Crippen LogP) is 4.13. The van der Waals surface area contributed by atoms with E-state index in [1.54, 1.807) is 22.8 Å². The number of pyridine rings is 1. The van der Waals surface area contributed by atoms with Crippen LogP contribution in [0.5, 0.6) is 0 Å². The summed E-state index contributed by atoms with van der Waals surface area (Å²) in [4.78, 5) is 16.4. The standard InChI is InChI=1S/C15H11Cl2N3O/c1-20-12-7-10(16)3-2-9(12)6-13(20)15(21)19-14-5-4-11(17)8-18-14/h2-8H,1H3,(H,18,19,21). The lowest BCUT2D eigenvalue weighted by Crippen LogP contribution is -2.16. The van der Waals surface area contributed by atoms with Gasteiger partial charge in [-0.15, -0.1) is 0 Å². The van der Waals surface area contributed by atoms with Gasteiger partial charge in [-0.3, -0.25) is 4.79 Å². The van der Waals surface area contributed by atoms with Crippen molar-refractivity contribution in [1.82, 2.24) is 9.55 Å². The molecule has 0 unspecified atom stereocenters. The molecule has 0 saturated carbocycles. The number of aromatic nitrogens is 2. The molecule has 21 heavy (non-hydrogen) atoms. The Morgan fingerprint density at radius 2 is 1.90 bits per heavy atom. The highest BCUT2D eigenvalue weighted by atomic mass is 35.5. The molecule has 1 N–H and O–H groups in total. The third-order valence-electron chi connectivity index (χ3n) is 3.21. The number of hydrogen-bond donors (Lipinski definition) is 1. The molecule has 106 valence electrons. The Labute approximate surface area is 131 Å². The van der Waals surface area contributed by atoms with Crippen LogP contribution in [-0.4, -0.2) is 15.5 Å². The fourth-order valence-electron chi connectivity index (χ4n) is 2.15.